The Hall–Kier alpha value is -4.71. The summed E-state index contributed by atoms with van der Waals surface area (Å²) in [4.78, 5) is 11.2. The molecular formula is C33H32O6. The Morgan fingerprint density at radius 3 is 2.05 bits per heavy atom. The van der Waals surface area contributed by atoms with Crippen LogP contribution in [0.4, 0.5) is 0 Å². The lowest BCUT2D eigenvalue weighted by Crippen LogP contribution is -2.14. The van der Waals surface area contributed by atoms with Crippen molar-refractivity contribution in [1.29, 1.82) is 0 Å². The minimum absolute atomic E-state index is 0.170. The van der Waals surface area contributed by atoms with Gasteiger partial charge < -0.3 is 24.4 Å². The Balaban J connectivity index is 0.000000136. The molecular weight excluding hydrogens is 492 g/mol. The van der Waals surface area contributed by atoms with E-state index in [0.717, 1.165) is 45.4 Å². The maximum Gasteiger partial charge on any atom is 0.137 e. The lowest BCUT2D eigenvalue weighted by atomic mass is 9.90. The molecule has 0 radical (unpaired) electrons. The van der Waals surface area contributed by atoms with Crippen LogP contribution in [-0.2, 0) is 17.6 Å². The number of fused-ring (bicyclic) bond motifs is 3. The summed E-state index contributed by atoms with van der Waals surface area (Å²) in [6, 6.07) is 28.1. The van der Waals surface area contributed by atoms with Crippen molar-refractivity contribution in [3.05, 3.63) is 102 Å². The number of aromatic hydroxyl groups is 2. The second-order valence-electron chi connectivity index (χ2n) is 9.04. The lowest BCUT2D eigenvalue weighted by molar-refractivity contribution is -0.118. The monoisotopic (exact) mass is 524 g/mol. The van der Waals surface area contributed by atoms with Gasteiger partial charge in [-0.25, -0.2) is 0 Å². The molecule has 0 atom stereocenters. The minimum Gasteiger partial charge on any atom is -0.508 e. The largest absolute Gasteiger partial charge is 0.508 e. The molecule has 0 heterocycles. The van der Waals surface area contributed by atoms with E-state index in [1.54, 1.807) is 51.7 Å². The van der Waals surface area contributed by atoms with Gasteiger partial charge >= 0.3 is 0 Å². The molecule has 0 spiro atoms. The highest BCUT2D eigenvalue weighted by Crippen LogP contribution is 2.30. The zero-order valence-corrected chi connectivity index (χ0v) is 22.3. The van der Waals surface area contributed by atoms with Crippen LogP contribution in [0.3, 0.4) is 0 Å². The first-order valence-electron chi connectivity index (χ1n) is 12.6. The lowest BCUT2D eigenvalue weighted by Gasteiger charge is -2.17. The zero-order chi connectivity index (χ0) is 27.8. The van der Waals surface area contributed by atoms with Crippen LogP contribution in [0.15, 0.2) is 91.0 Å². The number of phenolic OH excluding ortho intramolecular Hbond substituents is 2. The van der Waals surface area contributed by atoms with Gasteiger partial charge in [0.05, 0.1) is 21.3 Å². The molecule has 39 heavy (non-hydrogen) atoms. The maximum atomic E-state index is 11.2. The topological polar surface area (TPSA) is 85.2 Å². The fraction of sp³-hybridized carbons (Fsp3) is 0.182. The van der Waals surface area contributed by atoms with E-state index in [9.17, 15) is 9.90 Å². The average molecular weight is 525 g/mol. The van der Waals surface area contributed by atoms with Gasteiger partial charge in [0.1, 0.15) is 34.5 Å². The number of hydrogen-bond acceptors (Lipinski definition) is 6. The summed E-state index contributed by atoms with van der Waals surface area (Å²) in [5, 5.41) is 22.4. The Bertz CT molecular complexity index is 1580. The number of benzene rings is 5. The van der Waals surface area contributed by atoms with Crippen LogP contribution >= 0.6 is 0 Å². The van der Waals surface area contributed by atoms with E-state index in [1.165, 1.54) is 5.56 Å². The van der Waals surface area contributed by atoms with Gasteiger partial charge in [0.25, 0.3) is 0 Å². The van der Waals surface area contributed by atoms with Gasteiger partial charge in [0.2, 0.25) is 0 Å². The van der Waals surface area contributed by atoms with E-state index in [4.69, 9.17) is 19.3 Å². The molecule has 6 rings (SSSR count). The molecule has 200 valence electrons. The molecule has 0 bridgehead atoms. The smallest absolute Gasteiger partial charge is 0.137 e. The minimum atomic E-state index is 0.170. The number of phenols is 2. The number of carbonyl (C=O) groups excluding carboxylic acids is 1. The summed E-state index contributed by atoms with van der Waals surface area (Å²) in [5.74, 6) is 3.26. The molecule has 0 aromatic heterocycles. The summed E-state index contributed by atoms with van der Waals surface area (Å²) in [7, 11) is 4.99. The van der Waals surface area contributed by atoms with Crippen molar-refractivity contribution >= 4 is 27.3 Å². The van der Waals surface area contributed by atoms with E-state index in [0.29, 0.717) is 24.0 Å². The first-order chi connectivity index (χ1) is 18.9. The van der Waals surface area contributed by atoms with Crippen LogP contribution < -0.4 is 14.2 Å². The van der Waals surface area contributed by atoms with Crippen LogP contribution in [-0.4, -0.2) is 37.3 Å². The van der Waals surface area contributed by atoms with Crippen molar-refractivity contribution in [3.8, 4) is 28.7 Å². The van der Waals surface area contributed by atoms with Crippen molar-refractivity contribution in [2.75, 3.05) is 21.3 Å². The molecule has 0 amide bonds. The fourth-order valence-electron chi connectivity index (χ4n) is 4.57. The van der Waals surface area contributed by atoms with Crippen LogP contribution in [0.25, 0.3) is 21.5 Å². The summed E-state index contributed by atoms with van der Waals surface area (Å²) in [5.41, 5.74) is 2.35. The van der Waals surface area contributed by atoms with Gasteiger partial charge in [-0.1, -0.05) is 48.5 Å². The van der Waals surface area contributed by atoms with Gasteiger partial charge in [-0.3, -0.25) is 4.79 Å². The molecule has 1 aliphatic rings. The number of ether oxygens (including phenoxy) is 3. The van der Waals surface area contributed by atoms with Gasteiger partial charge in [0, 0.05) is 29.2 Å². The molecule has 0 saturated carbocycles. The van der Waals surface area contributed by atoms with E-state index in [1.807, 2.05) is 48.5 Å². The molecule has 6 nitrogen and oxygen atoms in total. The van der Waals surface area contributed by atoms with Crippen LogP contribution in [0.2, 0.25) is 0 Å². The van der Waals surface area contributed by atoms with E-state index >= 15 is 0 Å². The third-order valence-electron chi connectivity index (χ3n) is 6.61. The van der Waals surface area contributed by atoms with Crippen LogP contribution in [0.1, 0.15) is 17.5 Å². The molecule has 6 heteroatoms. The quantitative estimate of drug-likeness (QED) is 0.268. The Morgan fingerprint density at radius 2 is 1.31 bits per heavy atom. The number of hydrogen-bond donors (Lipinski definition) is 2. The molecule has 0 saturated heterocycles. The van der Waals surface area contributed by atoms with Crippen molar-refractivity contribution in [3.63, 3.8) is 0 Å². The van der Waals surface area contributed by atoms with Crippen molar-refractivity contribution in [2.24, 2.45) is 0 Å². The second-order valence-corrected chi connectivity index (χ2v) is 9.04. The van der Waals surface area contributed by atoms with Crippen LogP contribution in [0.5, 0.6) is 28.7 Å². The van der Waals surface area contributed by atoms with Crippen molar-refractivity contribution in [2.45, 2.75) is 19.3 Å². The number of rotatable bonds is 3. The Morgan fingerprint density at radius 1 is 0.641 bits per heavy atom. The summed E-state index contributed by atoms with van der Waals surface area (Å²) >= 11 is 0. The third-order valence-corrected chi connectivity index (χ3v) is 6.61. The summed E-state index contributed by atoms with van der Waals surface area (Å²) in [6.45, 7) is 0. The first-order valence-corrected chi connectivity index (χ1v) is 12.6. The summed E-state index contributed by atoms with van der Waals surface area (Å²) in [6.07, 6.45) is 2.09. The van der Waals surface area contributed by atoms with Crippen LogP contribution in [0, 0.1) is 0 Å². The highest BCUT2D eigenvalue weighted by atomic mass is 16.5. The highest BCUT2D eigenvalue weighted by Gasteiger charge is 2.18. The standard InChI is InChI=1S/C12H12O2.C11H12O2.C10H8O2/c1-13-10-7-6-9-4-3-5-12(14-2)11(9)8-10;1-13-11-4-2-3-8-5-6-9(12)7-10(8)11;11-8-5-4-7-2-1-3-10(12)9(7)6-8/h3-8H,1-2H3;2-4H,5-7H2,1H3;1-6,11-12H. The summed E-state index contributed by atoms with van der Waals surface area (Å²) < 4.78 is 15.6. The second kappa shape index (κ2) is 12.7. The SMILES string of the molecule is COc1ccc2cccc(OC)c2c1.COc1cccc2c1CC(=O)CC2.Oc1ccc2cccc(O)c2c1. The van der Waals surface area contributed by atoms with Gasteiger partial charge in [-0.2, -0.15) is 0 Å². The number of aryl methyl sites for hydroxylation is 1. The molecule has 5 aromatic carbocycles. The average Bonchev–Trinajstić information content (AvgIpc) is 2.97. The number of carbonyl (C=O) groups is 1. The Labute approximate surface area is 228 Å². The number of ketones is 1. The first kappa shape index (κ1) is 27.3. The predicted octanol–water partition coefficient (Wildman–Crippen LogP) is 6.86. The fourth-order valence-corrected chi connectivity index (χ4v) is 4.57. The molecule has 0 aliphatic heterocycles. The molecule has 0 unspecified atom stereocenters. The molecule has 2 N–H and O–H groups in total. The zero-order valence-electron chi connectivity index (χ0n) is 22.3. The predicted molar refractivity (Wildman–Crippen MR) is 154 cm³/mol. The van der Waals surface area contributed by atoms with Gasteiger partial charge in [-0.05, 0) is 65.2 Å². The molecule has 0 fully saturated rings. The Kier molecular flexibility index (Phi) is 8.90. The van der Waals surface area contributed by atoms with E-state index in [2.05, 4.69) is 12.1 Å². The number of methoxy groups -OCH3 is 3. The number of Topliss-reactive ketones (excluding diaryl/α,β-unsaturated/α-hetero) is 1. The van der Waals surface area contributed by atoms with Crippen molar-refractivity contribution in [1.82, 2.24) is 0 Å². The van der Waals surface area contributed by atoms with Gasteiger partial charge in [0.15, 0.2) is 0 Å². The maximum absolute atomic E-state index is 11.2. The highest BCUT2D eigenvalue weighted by molar-refractivity contribution is 5.90. The third kappa shape index (κ3) is 6.60. The van der Waals surface area contributed by atoms with E-state index < -0.39 is 0 Å². The van der Waals surface area contributed by atoms with Gasteiger partial charge in [-0.15, -0.1) is 0 Å². The van der Waals surface area contributed by atoms with Crippen molar-refractivity contribution < 1.29 is 29.2 Å². The molecule has 5 aromatic rings. The van der Waals surface area contributed by atoms with E-state index in [-0.39, 0.29) is 11.5 Å². The normalized spacial score (nSPS) is 11.9. The molecule has 1 aliphatic carbocycles.